The molecule has 6 nitrogen and oxygen atoms in total. The van der Waals surface area contributed by atoms with Gasteiger partial charge in [0.25, 0.3) is 5.91 Å². The number of aromatic nitrogens is 1. The maximum absolute atomic E-state index is 15.1. The molecule has 32 heavy (non-hydrogen) atoms. The molecule has 0 spiro atoms. The fraction of sp³-hybridized carbons (Fsp3) is 0.360. The van der Waals surface area contributed by atoms with Gasteiger partial charge in [0.15, 0.2) is 0 Å². The summed E-state index contributed by atoms with van der Waals surface area (Å²) >= 11 is 0. The number of likely N-dealkylation sites (N-methyl/N-ethyl adjacent to an activating group) is 1. The number of aryl methyl sites for hydroxylation is 1. The number of fused-ring (bicyclic) bond motifs is 1. The quantitative estimate of drug-likeness (QED) is 0.642. The minimum atomic E-state index is -0.456. The van der Waals surface area contributed by atoms with Crippen LogP contribution in [0.1, 0.15) is 35.8 Å². The van der Waals surface area contributed by atoms with Crippen LogP contribution in [-0.4, -0.2) is 43.7 Å². The molecule has 1 amide bonds. The number of nitrogens with one attached hydrogen (secondary N) is 2. The van der Waals surface area contributed by atoms with E-state index in [2.05, 4.69) is 12.4 Å². The molecule has 1 fully saturated rings. The molecule has 2 N–H and O–H groups in total. The molecule has 1 aliphatic rings. The lowest BCUT2D eigenvalue weighted by molar-refractivity contribution is -0.880. The van der Waals surface area contributed by atoms with Gasteiger partial charge in [-0.3, -0.25) is 9.59 Å². The van der Waals surface area contributed by atoms with Crippen molar-refractivity contribution in [2.45, 2.75) is 26.4 Å². The highest BCUT2D eigenvalue weighted by Crippen LogP contribution is 2.25. The average Bonchev–Trinajstić information content (AvgIpc) is 2.80. The summed E-state index contributed by atoms with van der Waals surface area (Å²) in [6.07, 6.45) is 1.59. The number of benzene rings is 2. The van der Waals surface area contributed by atoms with Gasteiger partial charge in [-0.05, 0) is 31.5 Å². The summed E-state index contributed by atoms with van der Waals surface area (Å²) in [6, 6.07) is 12.4. The van der Waals surface area contributed by atoms with E-state index in [0.717, 1.165) is 31.7 Å². The number of hydrogen-bond acceptors (Lipinski definition) is 3. The second-order valence-corrected chi connectivity index (χ2v) is 8.53. The first kappa shape index (κ1) is 22.0. The van der Waals surface area contributed by atoms with Crippen molar-refractivity contribution in [3.8, 4) is 0 Å². The minimum Gasteiger partial charge on any atom is -0.358 e. The van der Waals surface area contributed by atoms with Gasteiger partial charge in [0, 0.05) is 18.1 Å². The van der Waals surface area contributed by atoms with Crippen LogP contribution in [0.5, 0.6) is 0 Å². The van der Waals surface area contributed by atoms with E-state index in [4.69, 9.17) is 0 Å². The maximum Gasteiger partial charge on any atom is 0.257 e. The highest BCUT2D eigenvalue weighted by Gasteiger charge is 2.23. The van der Waals surface area contributed by atoms with Crippen molar-refractivity contribution in [1.29, 1.82) is 0 Å². The fourth-order valence-electron chi connectivity index (χ4n) is 4.29. The Morgan fingerprint density at radius 2 is 1.88 bits per heavy atom. The number of quaternary nitrogens is 1. The molecular formula is C25H30FN4O2+. The van der Waals surface area contributed by atoms with Gasteiger partial charge in [0.1, 0.15) is 11.4 Å². The SMILES string of the molecule is CCn1cc(C(=O)N[C@@H](C)c2ccccc2)c(=O)c2cc(F)c(N3CC[NH+](C)CC3)cc21. The summed E-state index contributed by atoms with van der Waals surface area (Å²) < 4.78 is 16.9. The highest BCUT2D eigenvalue weighted by molar-refractivity contribution is 5.98. The van der Waals surface area contributed by atoms with Gasteiger partial charge in [-0.15, -0.1) is 0 Å². The van der Waals surface area contributed by atoms with Gasteiger partial charge in [0.05, 0.1) is 50.5 Å². The Labute approximate surface area is 187 Å². The van der Waals surface area contributed by atoms with E-state index in [9.17, 15) is 9.59 Å². The first-order chi connectivity index (χ1) is 15.4. The van der Waals surface area contributed by atoms with Crippen LogP contribution >= 0.6 is 0 Å². The lowest BCUT2D eigenvalue weighted by Crippen LogP contribution is -3.12. The lowest BCUT2D eigenvalue weighted by atomic mass is 10.1. The van der Waals surface area contributed by atoms with Crippen molar-refractivity contribution in [1.82, 2.24) is 9.88 Å². The number of anilines is 1. The first-order valence-electron chi connectivity index (χ1n) is 11.2. The van der Waals surface area contributed by atoms with E-state index < -0.39 is 17.2 Å². The Bertz CT molecular complexity index is 1180. The number of amides is 1. The van der Waals surface area contributed by atoms with Crippen molar-refractivity contribution >= 4 is 22.5 Å². The van der Waals surface area contributed by atoms with Crippen LogP contribution in [0.3, 0.4) is 0 Å². The zero-order chi connectivity index (χ0) is 22.8. The molecular weight excluding hydrogens is 407 g/mol. The standard InChI is InChI=1S/C25H29FN4O2/c1-4-29-16-20(25(32)27-17(2)18-8-6-5-7-9-18)24(31)19-14-21(26)23(15-22(19)29)30-12-10-28(3)11-13-30/h5-9,14-17H,4,10-13H2,1-3H3,(H,27,32)/p+1/t17-/m0/s1. The zero-order valence-corrected chi connectivity index (χ0v) is 18.8. The number of piperazine rings is 1. The van der Waals surface area contributed by atoms with Crippen LogP contribution in [0.4, 0.5) is 10.1 Å². The summed E-state index contributed by atoms with van der Waals surface area (Å²) in [5.74, 6) is -0.881. The second kappa shape index (κ2) is 9.12. The summed E-state index contributed by atoms with van der Waals surface area (Å²) in [5, 5.41) is 3.12. The second-order valence-electron chi connectivity index (χ2n) is 8.53. The van der Waals surface area contributed by atoms with E-state index >= 15 is 4.39 Å². The van der Waals surface area contributed by atoms with E-state index in [1.807, 2.05) is 53.6 Å². The Morgan fingerprint density at radius 3 is 2.53 bits per heavy atom. The monoisotopic (exact) mass is 437 g/mol. The predicted molar refractivity (Wildman–Crippen MR) is 125 cm³/mol. The molecule has 2 aromatic carbocycles. The molecule has 4 rings (SSSR count). The molecule has 0 aliphatic carbocycles. The topological polar surface area (TPSA) is 58.8 Å². The number of rotatable bonds is 5. The third-order valence-electron chi connectivity index (χ3n) is 6.34. The molecule has 2 heterocycles. The highest BCUT2D eigenvalue weighted by atomic mass is 19.1. The molecule has 1 saturated heterocycles. The zero-order valence-electron chi connectivity index (χ0n) is 18.8. The molecule has 0 radical (unpaired) electrons. The van der Waals surface area contributed by atoms with Crippen LogP contribution in [0.15, 0.2) is 53.5 Å². The van der Waals surface area contributed by atoms with Crippen molar-refractivity contribution in [2.24, 2.45) is 0 Å². The van der Waals surface area contributed by atoms with Gasteiger partial charge in [-0.2, -0.15) is 0 Å². The summed E-state index contributed by atoms with van der Waals surface area (Å²) in [6.45, 7) is 7.79. The molecule has 1 aromatic heterocycles. The number of hydrogen-bond donors (Lipinski definition) is 2. The third kappa shape index (κ3) is 4.25. The van der Waals surface area contributed by atoms with Gasteiger partial charge >= 0.3 is 0 Å². The summed E-state index contributed by atoms with van der Waals surface area (Å²) in [5.41, 5.74) is 1.68. The van der Waals surface area contributed by atoms with Crippen LogP contribution in [0.25, 0.3) is 10.9 Å². The largest absolute Gasteiger partial charge is 0.358 e. The van der Waals surface area contributed by atoms with Crippen LogP contribution in [0, 0.1) is 5.82 Å². The average molecular weight is 438 g/mol. The summed E-state index contributed by atoms with van der Waals surface area (Å²) in [4.78, 5) is 29.6. The predicted octanol–water partition coefficient (Wildman–Crippen LogP) is 1.99. The number of carbonyl (C=O) groups excluding carboxylic acids is 1. The molecule has 0 saturated carbocycles. The molecule has 3 aromatic rings. The van der Waals surface area contributed by atoms with Crippen molar-refractivity contribution in [2.75, 3.05) is 38.1 Å². The molecule has 1 aliphatic heterocycles. The lowest BCUT2D eigenvalue weighted by Gasteiger charge is -2.32. The Balaban J connectivity index is 1.71. The Kier molecular flexibility index (Phi) is 6.28. The number of nitrogens with zero attached hydrogens (tertiary/aromatic N) is 2. The van der Waals surface area contributed by atoms with Crippen molar-refractivity contribution in [3.63, 3.8) is 0 Å². The van der Waals surface area contributed by atoms with E-state index in [0.29, 0.717) is 17.7 Å². The Hall–Kier alpha value is -3.19. The number of carbonyl (C=O) groups is 1. The molecule has 7 heteroatoms. The van der Waals surface area contributed by atoms with Crippen LogP contribution < -0.4 is 20.5 Å². The number of halogens is 1. The maximum atomic E-state index is 15.1. The first-order valence-corrected chi connectivity index (χ1v) is 11.2. The normalized spacial score (nSPS) is 15.7. The van der Waals surface area contributed by atoms with E-state index in [1.165, 1.54) is 11.0 Å². The third-order valence-corrected chi connectivity index (χ3v) is 6.34. The van der Waals surface area contributed by atoms with Gasteiger partial charge in [-0.1, -0.05) is 30.3 Å². The molecule has 1 atom stereocenters. The van der Waals surface area contributed by atoms with E-state index in [1.54, 1.807) is 12.3 Å². The molecule has 0 unspecified atom stereocenters. The smallest absolute Gasteiger partial charge is 0.257 e. The van der Waals surface area contributed by atoms with Gasteiger partial charge in [0.2, 0.25) is 5.43 Å². The van der Waals surface area contributed by atoms with Gasteiger partial charge in [-0.25, -0.2) is 4.39 Å². The van der Waals surface area contributed by atoms with E-state index in [-0.39, 0.29) is 17.0 Å². The molecule has 0 bridgehead atoms. The fourth-order valence-corrected chi connectivity index (χ4v) is 4.29. The minimum absolute atomic E-state index is 0.0254. The van der Waals surface area contributed by atoms with Crippen LogP contribution in [0.2, 0.25) is 0 Å². The van der Waals surface area contributed by atoms with Crippen LogP contribution in [-0.2, 0) is 6.54 Å². The Morgan fingerprint density at radius 1 is 1.19 bits per heavy atom. The number of pyridine rings is 1. The van der Waals surface area contributed by atoms with Gasteiger partial charge < -0.3 is 19.7 Å². The summed E-state index contributed by atoms with van der Waals surface area (Å²) in [7, 11) is 2.13. The molecule has 168 valence electrons. The van der Waals surface area contributed by atoms with Crippen molar-refractivity contribution in [3.05, 3.63) is 75.8 Å². The van der Waals surface area contributed by atoms with Crippen molar-refractivity contribution < 1.29 is 14.1 Å².